The van der Waals surface area contributed by atoms with Crippen molar-refractivity contribution < 1.29 is 9.18 Å². The lowest BCUT2D eigenvalue weighted by Crippen LogP contribution is -2.21. The van der Waals surface area contributed by atoms with Crippen LogP contribution < -0.4 is 11.1 Å². The summed E-state index contributed by atoms with van der Waals surface area (Å²) < 4.78 is 16.2. The van der Waals surface area contributed by atoms with Crippen LogP contribution in [0.2, 0.25) is 0 Å². The van der Waals surface area contributed by atoms with Gasteiger partial charge in [0.2, 0.25) is 5.91 Å². The van der Waals surface area contributed by atoms with Crippen LogP contribution in [0.25, 0.3) is 11.4 Å². The van der Waals surface area contributed by atoms with Gasteiger partial charge in [-0.1, -0.05) is 6.42 Å². The van der Waals surface area contributed by atoms with E-state index in [0.717, 1.165) is 38.1 Å². The number of amides is 1. The molecule has 0 bridgehead atoms. The molecule has 1 aromatic heterocycles. The van der Waals surface area contributed by atoms with Crippen molar-refractivity contribution in [3.8, 4) is 11.4 Å². The second-order valence-electron chi connectivity index (χ2n) is 5.35. The molecule has 0 atom stereocenters. The third-order valence-electron chi connectivity index (χ3n) is 3.79. The van der Waals surface area contributed by atoms with Gasteiger partial charge in [0.05, 0.1) is 12.1 Å². The summed E-state index contributed by atoms with van der Waals surface area (Å²) in [6, 6.07) is 4.40. The number of hydrogen-bond acceptors (Lipinski definition) is 4. The van der Waals surface area contributed by atoms with E-state index in [9.17, 15) is 9.18 Å². The van der Waals surface area contributed by atoms with E-state index in [1.165, 1.54) is 12.1 Å². The average molecular weight is 303 g/mol. The first kappa shape index (κ1) is 14.6. The quantitative estimate of drug-likeness (QED) is 0.904. The number of benzene rings is 1. The zero-order chi connectivity index (χ0) is 15.5. The minimum absolute atomic E-state index is 0.118. The normalized spacial score (nSPS) is 14.3. The first-order chi connectivity index (χ1) is 10.7. The minimum atomic E-state index is -0.384. The smallest absolute Gasteiger partial charge is 0.238 e. The Kier molecular flexibility index (Phi) is 4.15. The van der Waals surface area contributed by atoms with Gasteiger partial charge >= 0.3 is 0 Å². The van der Waals surface area contributed by atoms with E-state index in [-0.39, 0.29) is 18.3 Å². The van der Waals surface area contributed by atoms with Crippen LogP contribution in [0.5, 0.6) is 0 Å². The number of hydrogen-bond donors (Lipinski definition) is 2. The molecule has 0 saturated heterocycles. The molecular formula is C15H18FN5O. The van der Waals surface area contributed by atoms with Crippen LogP contribution in [-0.4, -0.2) is 27.2 Å². The van der Waals surface area contributed by atoms with E-state index in [2.05, 4.69) is 15.5 Å². The highest BCUT2D eigenvalue weighted by atomic mass is 19.1. The monoisotopic (exact) mass is 303 g/mol. The standard InChI is InChI=1S/C15H18FN5O/c16-12-6-5-10(18-14(22)9-17)8-11(12)15-20-19-13-4-2-1-3-7-21(13)15/h5-6,8H,1-4,7,9,17H2,(H,18,22). The summed E-state index contributed by atoms with van der Waals surface area (Å²) in [6.45, 7) is 0.670. The first-order valence-corrected chi connectivity index (χ1v) is 7.41. The topological polar surface area (TPSA) is 85.8 Å². The minimum Gasteiger partial charge on any atom is -0.325 e. The summed E-state index contributed by atoms with van der Waals surface area (Å²) in [5, 5.41) is 11.0. The Balaban J connectivity index is 1.99. The molecule has 7 heteroatoms. The summed E-state index contributed by atoms with van der Waals surface area (Å²) in [5.74, 6) is 0.698. The Morgan fingerprint density at radius 2 is 2.18 bits per heavy atom. The fourth-order valence-corrected chi connectivity index (χ4v) is 2.67. The first-order valence-electron chi connectivity index (χ1n) is 7.41. The van der Waals surface area contributed by atoms with E-state index in [0.29, 0.717) is 17.1 Å². The predicted molar refractivity (Wildman–Crippen MR) is 80.7 cm³/mol. The molecule has 2 aromatic rings. The van der Waals surface area contributed by atoms with Crippen molar-refractivity contribution in [3.05, 3.63) is 29.8 Å². The fourth-order valence-electron chi connectivity index (χ4n) is 2.67. The van der Waals surface area contributed by atoms with Crippen molar-refractivity contribution in [3.63, 3.8) is 0 Å². The van der Waals surface area contributed by atoms with Crippen molar-refractivity contribution >= 4 is 11.6 Å². The Morgan fingerprint density at radius 1 is 1.32 bits per heavy atom. The number of nitrogens with zero attached hydrogens (tertiary/aromatic N) is 3. The fraction of sp³-hybridized carbons (Fsp3) is 0.400. The number of aryl methyl sites for hydroxylation is 1. The molecule has 0 spiro atoms. The number of carbonyl (C=O) groups excluding carboxylic acids is 1. The molecule has 3 N–H and O–H groups in total. The SMILES string of the molecule is NCC(=O)Nc1ccc(F)c(-c2nnc3n2CCCCC3)c1. The highest BCUT2D eigenvalue weighted by Crippen LogP contribution is 2.27. The third kappa shape index (κ3) is 2.85. The maximum absolute atomic E-state index is 14.2. The van der Waals surface area contributed by atoms with Crippen molar-refractivity contribution in [2.24, 2.45) is 5.73 Å². The van der Waals surface area contributed by atoms with Crippen LogP contribution in [0, 0.1) is 5.82 Å². The van der Waals surface area contributed by atoms with E-state index >= 15 is 0 Å². The zero-order valence-electron chi connectivity index (χ0n) is 12.2. The Bertz CT molecular complexity index is 697. The molecule has 1 aliphatic heterocycles. The van der Waals surface area contributed by atoms with Gasteiger partial charge in [-0.25, -0.2) is 4.39 Å². The number of nitrogens with one attached hydrogen (secondary N) is 1. The lowest BCUT2D eigenvalue weighted by molar-refractivity contribution is -0.114. The lowest BCUT2D eigenvalue weighted by Gasteiger charge is -2.10. The van der Waals surface area contributed by atoms with Crippen LogP contribution in [0.15, 0.2) is 18.2 Å². The van der Waals surface area contributed by atoms with Crippen LogP contribution in [0.3, 0.4) is 0 Å². The number of nitrogens with two attached hydrogens (primary N) is 1. The van der Waals surface area contributed by atoms with Gasteiger partial charge in [-0.2, -0.15) is 0 Å². The maximum Gasteiger partial charge on any atom is 0.238 e. The van der Waals surface area contributed by atoms with Gasteiger partial charge in [-0.05, 0) is 31.0 Å². The number of fused-ring (bicyclic) bond motifs is 1. The number of carbonyl (C=O) groups is 1. The zero-order valence-corrected chi connectivity index (χ0v) is 12.2. The van der Waals surface area contributed by atoms with Crippen LogP contribution in [0.4, 0.5) is 10.1 Å². The molecule has 22 heavy (non-hydrogen) atoms. The molecule has 3 rings (SSSR count). The maximum atomic E-state index is 14.2. The van der Waals surface area contributed by atoms with Crippen LogP contribution in [-0.2, 0) is 17.8 Å². The molecule has 1 aliphatic rings. The third-order valence-corrected chi connectivity index (χ3v) is 3.79. The molecule has 0 unspecified atom stereocenters. The molecule has 2 heterocycles. The second-order valence-corrected chi connectivity index (χ2v) is 5.35. The van der Waals surface area contributed by atoms with Gasteiger partial charge in [-0.15, -0.1) is 10.2 Å². The van der Waals surface area contributed by atoms with Crippen LogP contribution in [0.1, 0.15) is 25.1 Å². The van der Waals surface area contributed by atoms with E-state index in [4.69, 9.17) is 5.73 Å². The second kappa shape index (κ2) is 6.23. The molecule has 0 radical (unpaired) electrons. The van der Waals surface area contributed by atoms with Crippen molar-refractivity contribution in [2.75, 3.05) is 11.9 Å². The van der Waals surface area contributed by atoms with Gasteiger partial charge in [0, 0.05) is 18.7 Å². The van der Waals surface area contributed by atoms with Crippen molar-refractivity contribution in [1.29, 1.82) is 0 Å². The van der Waals surface area contributed by atoms with Gasteiger partial charge in [-0.3, -0.25) is 4.79 Å². The van der Waals surface area contributed by atoms with Gasteiger partial charge in [0.15, 0.2) is 5.82 Å². The molecule has 1 aromatic carbocycles. The Labute approximate surface area is 127 Å². The highest BCUT2D eigenvalue weighted by Gasteiger charge is 2.19. The van der Waals surface area contributed by atoms with Gasteiger partial charge in [0.25, 0.3) is 0 Å². The average Bonchev–Trinajstić information content (AvgIpc) is 2.77. The summed E-state index contributed by atoms with van der Waals surface area (Å²) in [4.78, 5) is 11.4. The molecule has 6 nitrogen and oxygen atoms in total. The molecule has 116 valence electrons. The Morgan fingerprint density at radius 3 is 3.00 bits per heavy atom. The van der Waals surface area contributed by atoms with E-state index in [1.54, 1.807) is 6.07 Å². The summed E-state index contributed by atoms with van der Waals surface area (Å²) in [6.07, 6.45) is 4.10. The van der Waals surface area contributed by atoms with Gasteiger partial charge < -0.3 is 15.6 Å². The number of aromatic nitrogens is 3. The van der Waals surface area contributed by atoms with E-state index < -0.39 is 0 Å². The molecule has 0 aliphatic carbocycles. The summed E-state index contributed by atoms with van der Waals surface area (Å²) >= 11 is 0. The van der Waals surface area contributed by atoms with Crippen LogP contribution >= 0.6 is 0 Å². The predicted octanol–water partition coefficient (Wildman–Crippen LogP) is 1.71. The number of halogens is 1. The molecular weight excluding hydrogens is 285 g/mol. The highest BCUT2D eigenvalue weighted by molar-refractivity contribution is 5.92. The van der Waals surface area contributed by atoms with E-state index in [1.807, 2.05) is 4.57 Å². The van der Waals surface area contributed by atoms with Crippen molar-refractivity contribution in [2.45, 2.75) is 32.2 Å². The number of rotatable bonds is 3. The van der Waals surface area contributed by atoms with Crippen molar-refractivity contribution in [1.82, 2.24) is 14.8 Å². The summed E-state index contributed by atoms with van der Waals surface area (Å²) in [5.41, 5.74) is 6.12. The lowest BCUT2D eigenvalue weighted by atomic mass is 10.1. The molecule has 0 saturated carbocycles. The summed E-state index contributed by atoms with van der Waals surface area (Å²) in [7, 11) is 0. The number of anilines is 1. The molecule has 0 fully saturated rings. The van der Waals surface area contributed by atoms with Gasteiger partial charge in [0.1, 0.15) is 11.6 Å². The Hall–Kier alpha value is -2.28. The largest absolute Gasteiger partial charge is 0.325 e. The molecule has 1 amide bonds.